The zero-order valence-electron chi connectivity index (χ0n) is 12.2. The van der Waals surface area contributed by atoms with E-state index in [0.29, 0.717) is 31.3 Å². The summed E-state index contributed by atoms with van der Waals surface area (Å²) in [5.41, 5.74) is 2.75. The molecule has 0 amide bonds. The molecule has 2 nitrogen and oxygen atoms in total. The van der Waals surface area contributed by atoms with Crippen molar-refractivity contribution < 1.29 is 9.53 Å². The normalized spacial score (nSPS) is 19.9. The minimum absolute atomic E-state index is 0.198. The van der Waals surface area contributed by atoms with Gasteiger partial charge in [-0.25, -0.2) is 0 Å². The summed E-state index contributed by atoms with van der Waals surface area (Å²) >= 11 is 0. The van der Waals surface area contributed by atoms with Crippen LogP contribution in [0.25, 0.3) is 0 Å². The highest BCUT2D eigenvalue weighted by molar-refractivity contribution is 5.80. The molecule has 1 fully saturated rings. The summed E-state index contributed by atoms with van der Waals surface area (Å²) in [5, 5.41) is 0. The zero-order valence-corrected chi connectivity index (χ0v) is 12.2. The Kier molecular flexibility index (Phi) is 4.41. The van der Waals surface area contributed by atoms with Crippen molar-refractivity contribution in [1.29, 1.82) is 0 Å². The summed E-state index contributed by atoms with van der Waals surface area (Å²) in [5.74, 6) is 0.837. The third-order valence-electron chi connectivity index (χ3n) is 3.79. The number of Topliss-reactive ketones (excluding diaryl/α,β-unsaturated/α-hetero) is 1. The number of carbonyl (C=O) groups excluding carboxylic acids is 1. The van der Waals surface area contributed by atoms with Crippen LogP contribution in [0.2, 0.25) is 0 Å². The average Bonchev–Trinajstić information content (AvgIpc) is 2.75. The zero-order chi connectivity index (χ0) is 13.9. The maximum absolute atomic E-state index is 11.2. The monoisotopic (exact) mass is 260 g/mol. The molecule has 0 unspecified atom stereocenters. The SMILES string of the molecule is CC(C)(C)c1ccc(COC[C@@H]2CCC(=O)C2)cc1. The summed E-state index contributed by atoms with van der Waals surface area (Å²) in [7, 11) is 0. The predicted octanol–water partition coefficient (Wildman–Crippen LogP) is 3.87. The van der Waals surface area contributed by atoms with Crippen LogP contribution in [0.15, 0.2) is 24.3 Å². The van der Waals surface area contributed by atoms with Crippen LogP contribution in [0.5, 0.6) is 0 Å². The maximum atomic E-state index is 11.2. The van der Waals surface area contributed by atoms with Crippen LogP contribution in [0, 0.1) is 5.92 Å². The van der Waals surface area contributed by atoms with E-state index >= 15 is 0 Å². The Labute approximate surface area is 116 Å². The smallest absolute Gasteiger partial charge is 0.133 e. The molecule has 0 saturated heterocycles. The Bertz CT molecular complexity index is 426. The van der Waals surface area contributed by atoms with E-state index in [9.17, 15) is 4.79 Å². The van der Waals surface area contributed by atoms with Crippen LogP contribution < -0.4 is 0 Å². The maximum Gasteiger partial charge on any atom is 0.133 e. The Morgan fingerprint density at radius 1 is 1.21 bits per heavy atom. The fourth-order valence-electron chi connectivity index (χ4n) is 2.48. The summed E-state index contributed by atoms with van der Waals surface area (Å²) in [6.07, 6.45) is 2.46. The Morgan fingerprint density at radius 2 is 1.89 bits per heavy atom. The number of carbonyl (C=O) groups is 1. The van der Waals surface area contributed by atoms with Gasteiger partial charge in [-0.2, -0.15) is 0 Å². The summed E-state index contributed by atoms with van der Waals surface area (Å²) in [4.78, 5) is 11.2. The molecule has 0 aliphatic heterocycles. The minimum atomic E-state index is 0.198. The van der Waals surface area contributed by atoms with E-state index in [1.165, 1.54) is 11.1 Å². The molecule has 1 atom stereocenters. The highest BCUT2D eigenvalue weighted by atomic mass is 16.5. The highest BCUT2D eigenvalue weighted by Gasteiger charge is 2.21. The molecule has 19 heavy (non-hydrogen) atoms. The van der Waals surface area contributed by atoms with E-state index in [0.717, 1.165) is 12.8 Å². The van der Waals surface area contributed by atoms with Gasteiger partial charge in [0.1, 0.15) is 5.78 Å². The second-order valence-corrected chi connectivity index (χ2v) is 6.61. The molecule has 2 rings (SSSR count). The summed E-state index contributed by atoms with van der Waals surface area (Å²) < 4.78 is 5.73. The van der Waals surface area contributed by atoms with Gasteiger partial charge in [-0.05, 0) is 28.9 Å². The topological polar surface area (TPSA) is 26.3 Å². The van der Waals surface area contributed by atoms with Crippen LogP contribution >= 0.6 is 0 Å². The van der Waals surface area contributed by atoms with E-state index in [2.05, 4.69) is 45.0 Å². The molecule has 0 bridgehead atoms. The third-order valence-corrected chi connectivity index (χ3v) is 3.79. The fourth-order valence-corrected chi connectivity index (χ4v) is 2.48. The molecule has 2 heteroatoms. The Morgan fingerprint density at radius 3 is 2.42 bits per heavy atom. The van der Waals surface area contributed by atoms with Gasteiger partial charge in [0.05, 0.1) is 13.2 Å². The van der Waals surface area contributed by atoms with Crippen LogP contribution in [0.3, 0.4) is 0 Å². The average molecular weight is 260 g/mol. The van der Waals surface area contributed by atoms with E-state index in [4.69, 9.17) is 4.74 Å². The van der Waals surface area contributed by atoms with Gasteiger partial charge in [-0.1, -0.05) is 45.0 Å². The second kappa shape index (κ2) is 5.87. The molecule has 1 saturated carbocycles. The molecule has 0 spiro atoms. The van der Waals surface area contributed by atoms with E-state index in [1.807, 2.05) is 0 Å². The molecule has 1 aliphatic carbocycles. The number of hydrogen-bond donors (Lipinski definition) is 0. The molecular formula is C17H24O2. The molecular weight excluding hydrogens is 236 g/mol. The van der Waals surface area contributed by atoms with E-state index in [1.54, 1.807) is 0 Å². The first-order valence-electron chi connectivity index (χ1n) is 7.14. The first-order valence-corrected chi connectivity index (χ1v) is 7.14. The number of hydrogen-bond acceptors (Lipinski definition) is 2. The van der Waals surface area contributed by atoms with Crippen molar-refractivity contribution in [2.45, 2.75) is 52.1 Å². The minimum Gasteiger partial charge on any atom is -0.376 e. The van der Waals surface area contributed by atoms with Gasteiger partial charge >= 0.3 is 0 Å². The van der Waals surface area contributed by atoms with Gasteiger partial charge in [0.15, 0.2) is 0 Å². The predicted molar refractivity (Wildman–Crippen MR) is 77.1 cm³/mol. The van der Waals surface area contributed by atoms with Crippen LogP contribution in [0.1, 0.15) is 51.2 Å². The van der Waals surface area contributed by atoms with Gasteiger partial charge in [0.25, 0.3) is 0 Å². The largest absolute Gasteiger partial charge is 0.376 e. The molecule has 1 aliphatic rings. The molecule has 1 aromatic carbocycles. The lowest BCUT2D eigenvalue weighted by atomic mass is 9.87. The van der Waals surface area contributed by atoms with Crippen molar-refractivity contribution in [3.05, 3.63) is 35.4 Å². The van der Waals surface area contributed by atoms with Gasteiger partial charge in [-0.3, -0.25) is 4.79 Å². The number of ether oxygens (including phenoxy) is 1. The van der Waals surface area contributed by atoms with E-state index in [-0.39, 0.29) is 5.41 Å². The summed E-state index contributed by atoms with van der Waals surface area (Å²) in [6.45, 7) is 8.02. The molecule has 104 valence electrons. The molecule has 1 aromatic rings. The highest BCUT2D eigenvalue weighted by Crippen LogP contribution is 2.24. The fraction of sp³-hybridized carbons (Fsp3) is 0.588. The van der Waals surface area contributed by atoms with Gasteiger partial charge in [0.2, 0.25) is 0 Å². The first-order chi connectivity index (χ1) is 8.95. The Balaban J connectivity index is 1.79. The molecule has 0 N–H and O–H groups in total. The number of benzene rings is 1. The standard InChI is InChI=1S/C17H24O2/c1-17(2,3)15-7-4-13(5-8-15)11-19-12-14-6-9-16(18)10-14/h4-5,7-8,14H,6,9-12H2,1-3H3/t14-/m1/s1. The quantitative estimate of drug-likeness (QED) is 0.821. The second-order valence-electron chi connectivity index (χ2n) is 6.61. The first kappa shape index (κ1) is 14.3. The van der Waals surface area contributed by atoms with Gasteiger partial charge in [-0.15, -0.1) is 0 Å². The number of rotatable bonds is 4. The van der Waals surface area contributed by atoms with Crippen LogP contribution in [0.4, 0.5) is 0 Å². The van der Waals surface area contributed by atoms with Crippen LogP contribution in [-0.2, 0) is 21.6 Å². The third kappa shape index (κ3) is 4.17. The van der Waals surface area contributed by atoms with Gasteiger partial charge < -0.3 is 4.74 Å². The van der Waals surface area contributed by atoms with E-state index < -0.39 is 0 Å². The van der Waals surface area contributed by atoms with Crippen LogP contribution in [-0.4, -0.2) is 12.4 Å². The lowest BCUT2D eigenvalue weighted by molar-refractivity contribution is -0.117. The van der Waals surface area contributed by atoms with Crippen molar-refractivity contribution in [2.75, 3.05) is 6.61 Å². The lowest BCUT2D eigenvalue weighted by Gasteiger charge is -2.19. The number of ketones is 1. The molecule has 0 aromatic heterocycles. The van der Waals surface area contributed by atoms with Gasteiger partial charge in [0, 0.05) is 12.8 Å². The Hall–Kier alpha value is -1.15. The van der Waals surface area contributed by atoms with Crippen molar-refractivity contribution in [3.8, 4) is 0 Å². The van der Waals surface area contributed by atoms with Crippen molar-refractivity contribution >= 4 is 5.78 Å². The molecule has 0 radical (unpaired) electrons. The van der Waals surface area contributed by atoms with Crippen molar-refractivity contribution in [2.24, 2.45) is 5.92 Å². The van der Waals surface area contributed by atoms with Crippen molar-refractivity contribution in [1.82, 2.24) is 0 Å². The molecule has 0 heterocycles. The lowest BCUT2D eigenvalue weighted by Crippen LogP contribution is -2.11. The van der Waals surface area contributed by atoms with Crippen molar-refractivity contribution in [3.63, 3.8) is 0 Å². The summed E-state index contributed by atoms with van der Waals surface area (Å²) in [6, 6.07) is 8.64.